The minimum absolute atomic E-state index is 0.343. The molecule has 2 N–H and O–H groups in total. The average molecular weight is 299 g/mol. The molecule has 0 aliphatic heterocycles. The Morgan fingerprint density at radius 2 is 2.35 bits per heavy atom. The van der Waals surface area contributed by atoms with Crippen LogP contribution in [-0.4, -0.2) is 28.8 Å². The molecular formula is C10H11BrN4O2. The predicted octanol–water partition coefficient (Wildman–Crippen LogP) is 1.54. The van der Waals surface area contributed by atoms with Crippen LogP contribution < -0.4 is 5.73 Å². The van der Waals surface area contributed by atoms with Crippen molar-refractivity contribution in [3.63, 3.8) is 0 Å². The van der Waals surface area contributed by atoms with E-state index in [2.05, 4.69) is 31.1 Å². The summed E-state index contributed by atoms with van der Waals surface area (Å²) in [5, 5.41) is 3.81. The van der Waals surface area contributed by atoms with Gasteiger partial charge < -0.3 is 15.0 Å². The number of nitrogens with zero attached hydrogens (tertiary/aromatic N) is 3. The van der Waals surface area contributed by atoms with Crippen molar-refractivity contribution in [2.24, 2.45) is 5.73 Å². The molecule has 0 fully saturated rings. The minimum atomic E-state index is -0.391. The molecular weight excluding hydrogens is 288 g/mol. The summed E-state index contributed by atoms with van der Waals surface area (Å²) in [5.41, 5.74) is 6.53. The second-order valence-electron chi connectivity index (χ2n) is 3.41. The Bertz CT molecular complexity index is 503. The first-order chi connectivity index (χ1) is 8.20. The number of aromatic nitrogens is 3. The summed E-state index contributed by atoms with van der Waals surface area (Å²) in [6.07, 6.45) is 3.32. The van der Waals surface area contributed by atoms with Crippen molar-refractivity contribution in [1.82, 2.24) is 15.1 Å². The summed E-state index contributed by atoms with van der Waals surface area (Å²) in [6.45, 7) is 0.343. The van der Waals surface area contributed by atoms with Crippen LogP contribution in [0.1, 0.15) is 11.9 Å². The van der Waals surface area contributed by atoms with Gasteiger partial charge in [0.25, 0.3) is 5.89 Å². The quantitative estimate of drug-likeness (QED) is 0.921. The molecule has 0 radical (unpaired) electrons. The predicted molar refractivity (Wildman–Crippen MR) is 64.0 cm³/mol. The molecule has 2 aromatic rings. The first kappa shape index (κ1) is 12.2. The Balaban J connectivity index is 2.23. The summed E-state index contributed by atoms with van der Waals surface area (Å²) in [6, 6.07) is 1.45. The second kappa shape index (κ2) is 5.35. The molecule has 0 aliphatic rings. The van der Waals surface area contributed by atoms with Crippen LogP contribution in [0.3, 0.4) is 0 Å². The Hall–Kier alpha value is -1.31. The number of hydrogen-bond donors (Lipinski definition) is 1. The molecule has 0 saturated heterocycles. The van der Waals surface area contributed by atoms with Crippen LogP contribution in [0.15, 0.2) is 27.5 Å². The zero-order valence-electron chi connectivity index (χ0n) is 9.13. The molecule has 0 saturated carbocycles. The van der Waals surface area contributed by atoms with Crippen LogP contribution in [0.25, 0.3) is 11.5 Å². The molecule has 90 valence electrons. The lowest BCUT2D eigenvalue weighted by Gasteiger charge is -2.03. The van der Waals surface area contributed by atoms with E-state index in [4.69, 9.17) is 15.0 Å². The van der Waals surface area contributed by atoms with Crippen molar-refractivity contribution in [2.75, 3.05) is 13.7 Å². The van der Waals surface area contributed by atoms with Crippen LogP contribution in [0.2, 0.25) is 0 Å². The van der Waals surface area contributed by atoms with Crippen LogP contribution in [0.5, 0.6) is 0 Å². The number of nitrogens with two attached hydrogens (primary N) is 1. The largest absolute Gasteiger partial charge is 0.383 e. The molecule has 0 aliphatic carbocycles. The maximum Gasteiger partial charge on any atom is 0.259 e. The van der Waals surface area contributed by atoms with E-state index in [1.165, 1.54) is 0 Å². The Labute approximate surface area is 106 Å². The van der Waals surface area contributed by atoms with E-state index >= 15 is 0 Å². The fraction of sp³-hybridized carbons (Fsp3) is 0.300. The molecule has 0 bridgehead atoms. The molecule has 6 nitrogen and oxygen atoms in total. The Kier molecular flexibility index (Phi) is 3.82. The SMILES string of the molecule is COCC(N)c1noc(-c2cncc(Br)c2)n1. The minimum Gasteiger partial charge on any atom is -0.383 e. The number of rotatable bonds is 4. The number of ether oxygens (including phenoxy) is 1. The van der Waals surface area contributed by atoms with Crippen molar-refractivity contribution in [3.05, 3.63) is 28.8 Å². The highest BCUT2D eigenvalue weighted by atomic mass is 79.9. The van der Waals surface area contributed by atoms with Crippen molar-refractivity contribution in [3.8, 4) is 11.5 Å². The molecule has 1 atom stereocenters. The summed E-state index contributed by atoms with van der Waals surface area (Å²) >= 11 is 3.32. The zero-order valence-corrected chi connectivity index (χ0v) is 10.7. The van der Waals surface area contributed by atoms with Gasteiger partial charge in [-0.25, -0.2) is 0 Å². The van der Waals surface area contributed by atoms with Gasteiger partial charge in [0.15, 0.2) is 5.82 Å². The van der Waals surface area contributed by atoms with E-state index in [0.717, 1.165) is 10.0 Å². The summed E-state index contributed by atoms with van der Waals surface area (Å²) in [5.74, 6) is 0.808. The van der Waals surface area contributed by atoms with Gasteiger partial charge in [-0.05, 0) is 22.0 Å². The van der Waals surface area contributed by atoms with E-state index in [1.807, 2.05) is 6.07 Å². The fourth-order valence-corrected chi connectivity index (χ4v) is 1.65. The molecule has 7 heteroatoms. The number of halogens is 1. The third-order valence-electron chi connectivity index (χ3n) is 2.07. The lowest BCUT2D eigenvalue weighted by molar-refractivity contribution is 0.177. The molecule has 2 aromatic heterocycles. The highest BCUT2D eigenvalue weighted by molar-refractivity contribution is 9.10. The molecule has 2 heterocycles. The zero-order chi connectivity index (χ0) is 12.3. The van der Waals surface area contributed by atoms with Crippen LogP contribution in [-0.2, 0) is 4.74 Å². The Morgan fingerprint density at radius 1 is 1.53 bits per heavy atom. The fourth-order valence-electron chi connectivity index (χ4n) is 1.29. The van der Waals surface area contributed by atoms with E-state index in [9.17, 15) is 0 Å². The van der Waals surface area contributed by atoms with Crippen LogP contribution in [0.4, 0.5) is 0 Å². The molecule has 0 aromatic carbocycles. The maximum absolute atomic E-state index is 5.79. The second-order valence-corrected chi connectivity index (χ2v) is 4.33. The summed E-state index contributed by atoms with van der Waals surface area (Å²) in [4.78, 5) is 8.22. The van der Waals surface area contributed by atoms with Gasteiger partial charge in [-0.2, -0.15) is 4.98 Å². The number of hydrogen-bond acceptors (Lipinski definition) is 6. The normalized spacial score (nSPS) is 12.6. The average Bonchev–Trinajstić information content (AvgIpc) is 2.78. The third-order valence-corrected chi connectivity index (χ3v) is 2.51. The van der Waals surface area contributed by atoms with Gasteiger partial charge >= 0.3 is 0 Å². The molecule has 2 rings (SSSR count). The highest BCUT2D eigenvalue weighted by Crippen LogP contribution is 2.21. The van der Waals surface area contributed by atoms with E-state index < -0.39 is 6.04 Å². The van der Waals surface area contributed by atoms with Gasteiger partial charge in [-0.15, -0.1) is 0 Å². The lowest BCUT2D eigenvalue weighted by atomic mass is 10.3. The van der Waals surface area contributed by atoms with Crippen molar-refractivity contribution in [1.29, 1.82) is 0 Å². The molecule has 17 heavy (non-hydrogen) atoms. The lowest BCUT2D eigenvalue weighted by Crippen LogP contribution is -2.17. The third kappa shape index (κ3) is 2.87. The van der Waals surface area contributed by atoms with Crippen molar-refractivity contribution < 1.29 is 9.26 Å². The van der Waals surface area contributed by atoms with Gasteiger partial charge in [0.2, 0.25) is 0 Å². The van der Waals surface area contributed by atoms with Crippen LogP contribution >= 0.6 is 15.9 Å². The van der Waals surface area contributed by atoms with Gasteiger partial charge in [0, 0.05) is 24.0 Å². The standard InChI is InChI=1S/C10H11BrN4O2/c1-16-5-8(12)9-14-10(17-15-9)6-2-7(11)4-13-3-6/h2-4,8H,5,12H2,1H3. The van der Waals surface area contributed by atoms with Gasteiger partial charge in [-0.3, -0.25) is 4.98 Å². The van der Waals surface area contributed by atoms with E-state index in [-0.39, 0.29) is 0 Å². The molecule has 0 amide bonds. The highest BCUT2D eigenvalue weighted by Gasteiger charge is 2.15. The summed E-state index contributed by atoms with van der Waals surface area (Å²) in [7, 11) is 1.57. The monoisotopic (exact) mass is 298 g/mol. The topological polar surface area (TPSA) is 87.1 Å². The summed E-state index contributed by atoms with van der Waals surface area (Å²) < 4.78 is 10.9. The first-order valence-corrected chi connectivity index (χ1v) is 5.69. The molecule has 0 spiro atoms. The Morgan fingerprint density at radius 3 is 3.06 bits per heavy atom. The molecule has 1 unspecified atom stereocenters. The smallest absolute Gasteiger partial charge is 0.259 e. The van der Waals surface area contributed by atoms with Crippen LogP contribution in [0, 0.1) is 0 Å². The first-order valence-electron chi connectivity index (χ1n) is 4.89. The van der Waals surface area contributed by atoms with E-state index in [1.54, 1.807) is 19.5 Å². The number of methoxy groups -OCH3 is 1. The van der Waals surface area contributed by atoms with Crippen molar-refractivity contribution >= 4 is 15.9 Å². The van der Waals surface area contributed by atoms with Gasteiger partial charge in [0.05, 0.1) is 18.2 Å². The maximum atomic E-state index is 5.79. The number of pyridine rings is 1. The van der Waals surface area contributed by atoms with Gasteiger partial charge in [0.1, 0.15) is 0 Å². The van der Waals surface area contributed by atoms with Crippen molar-refractivity contribution in [2.45, 2.75) is 6.04 Å². The van der Waals surface area contributed by atoms with Gasteiger partial charge in [-0.1, -0.05) is 5.16 Å². The van der Waals surface area contributed by atoms with E-state index in [0.29, 0.717) is 18.3 Å².